The molecular formula is C18H23N3O2. The second kappa shape index (κ2) is 5.72. The molecule has 122 valence electrons. The molecule has 0 atom stereocenters. The number of ether oxygens (including phenoxy) is 1. The smallest absolute Gasteiger partial charge is 0.410 e. The van der Waals surface area contributed by atoms with Gasteiger partial charge in [0.25, 0.3) is 0 Å². The van der Waals surface area contributed by atoms with E-state index in [1.165, 1.54) is 0 Å². The fourth-order valence-corrected chi connectivity index (χ4v) is 2.83. The van der Waals surface area contributed by atoms with Crippen molar-refractivity contribution in [2.24, 2.45) is 0 Å². The maximum Gasteiger partial charge on any atom is 0.410 e. The highest BCUT2D eigenvalue weighted by Gasteiger charge is 2.25. The van der Waals surface area contributed by atoms with Crippen LogP contribution in [0.15, 0.2) is 24.4 Å². The summed E-state index contributed by atoms with van der Waals surface area (Å²) in [4.78, 5) is 22.0. The van der Waals surface area contributed by atoms with Crippen LogP contribution in [0.5, 0.6) is 0 Å². The monoisotopic (exact) mass is 313 g/mol. The molecular weight excluding hydrogens is 290 g/mol. The summed E-state index contributed by atoms with van der Waals surface area (Å²) in [6.45, 7) is 8.85. The molecule has 0 unspecified atom stereocenters. The lowest BCUT2D eigenvalue weighted by Gasteiger charge is -2.30. The van der Waals surface area contributed by atoms with E-state index >= 15 is 0 Å². The van der Waals surface area contributed by atoms with Crippen molar-refractivity contribution in [3.8, 4) is 0 Å². The average Bonchev–Trinajstić information content (AvgIpc) is 2.92. The van der Waals surface area contributed by atoms with Gasteiger partial charge in [0.1, 0.15) is 5.60 Å². The second-order valence-electron chi connectivity index (χ2n) is 6.97. The lowest BCUT2D eigenvalue weighted by molar-refractivity contribution is 0.0273. The number of pyridine rings is 1. The van der Waals surface area contributed by atoms with Crippen LogP contribution in [-0.4, -0.2) is 39.7 Å². The normalized spacial score (nSPS) is 15.7. The number of nitrogens with zero attached hydrogens (tertiary/aromatic N) is 2. The number of carbonyl (C=O) groups excluding carboxylic acids is 1. The molecule has 2 aromatic rings. The Labute approximate surface area is 136 Å². The van der Waals surface area contributed by atoms with Gasteiger partial charge in [0.15, 0.2) is 0 Å². The van der Waals surface area contributed by atoms with Gasteiger partial charge in [-0.25, -0.2) is 4.79 Å². The van der Waals surface area contributed by atoms with Gasteiger partial charge >= 0.3 is 6.09 Å². The van der Waals surface area contributed by atoms with Crippen LogP contribution in [0.1, 0.15) is 38.6 Å². The number of rotatable bonds is 1. The van der Waals surface area contributed by atoms with Gasteiger partial charge in [-0.05, 0) is 51.8 Å². The van der Waals surface area contributed by atoms with E-state index in [2.05, 4.69) is 22.1 Å². The summed E-state index contributed by atoms with van der Waals surface area (Å²) in [5, 5.41) is 1.14. The predicted octanol–water partition coefficient (Wildman–Crippen LogP) is 3.90. The molecule has 0 bridgehead atoms. The standard InChI is InChI=1S/C18H23N3O2/c1-12-10-13-7-8-19-15(13)16(20-12)14-6-5-9-21(11-14)17(22)23-18(2,3)4/h6-8,10,19H,5,9,11H2,1-4H3. The lowest BCUT2D eigenvalue weighted by Crippen LogP contribution is -2.39. The van der Waals surface area contributed by atoms with Crippen molar-refractivity contribution < 1.29 is 9.53 Å². The third kappa shape index (κ3) is 3.38. The van der Waals surface area contributed by atoms with E-state index < -0.39 is 5.60 Å². The number of fused-ring (bicyclic) bond motifs is 1. The second-order valence-corrected chi connectivity index (χ2v) is 6.97. The number of amides is 1. The summed E-state index contributed by atoms with van der Waals surface area (Å²) >= 11 is 0. The Kier molecular flexibility index (Phi) is 3.88. The number of carbonyl (C=O) groups is 1. The molecule has 23 heavy (non-hydrogen) atoms. The van der Waals surface area contributed by atoms with Crippen molar-refractivity contribution in [3.63, 3.8) is 0 Å². The van der Waals surface area contributed by atoms with E-state index in [4.69, 9.17) is 4.74 Å². The molecule has 5 heteroatoms. The van der Waals surface area contributed by atoms with Crippen LogP contribution in [0.3, 0.4) is 0 Å². The molecule has 0 spiro atoms. The van der Waals surface area contributed by atoms with Gasteiger partial charge in [-0.15, -0.1) is 0 Å². The average molecular weight is 313 g/mol. The Balaban J connectivity index is 1.87. The number of H-pyrrole nitrogens is 1. The maximum atomic E-state index is 12.3. The van der Waals surface area contributed by atoms with Crippen molar-refractivity contribution in [2.45, 2.75) is 39.7 Å². The SMILES string of the molecule is Cc1cc2cc[nH]c2c(C2=CCCN(C(=O)OC(C)(C)C)C2)n1. The molecule has 3 rings (SSSR count). The summed E-state index contributed by atoms with van der Waals surface area (Å²) in [6, 6.07) is 4.10. The minimum atomic E-state index is -0.479. The lowest BCUT2D eigenvalue weighted by atomic mass is 10.0. The molecule has 1 aliphatic rings. The molecule has 5 nitrogen and oxygen atoms in total. The van der Waals surface area contributed by atoms with Crippen molar-refractivity contribution in [1.82, 2.24) is 14.9 Å². The van der Waals surface area contributed by atoms with Crippen molar-refractivity contribution in [3.05, 3.63) is 35.8 Å². The Bertz CT molecular complexity index is 768. The number of aromatic nitrogens is 2. The minimum absolute atomic E-state index is 0.265. The highest BCUT2D eigenvalue weighted by molar-refractivity contribution is 5.91. The topological polar surface area (TPSA) is 58.2 Å². The summed E-state index contributed by atoms with van der Waals surface area (Å²) < 4.78 is 5.49. The van der Waals surface area contributed by atoms with Gasteiger partial charge in [-0.1, -0.05) is 6.08 Å². The van der Waals surface area contributed by atoms with Gasteiger partial charge in [0.05, 0.1) is 17.8 Å². The van der Waals surface area contributed by atoms with Crippen LogP contribution in [-0.2, 0) is 4.74 Å². The van der Waals surface area contributed by atoms with Crippen molar-refractivity contribution in [2.75, 3.05) is 13.1 Å². The summed E-state index contributed by atoms with van der Waals surface area (Å²) in [7, 11) is 0. The Morgan fingerprint density at radius 3 is 2.91 bits per heavy atom. The largest absolute Gasteiger partial charge is 0.444 e. The third-order valence-corrected chi connectivity index (χ3v) is 3.78. The number of hydrogen-bond acceptors (Lipinski definition) is 3. The number of nitrogens with one attached hydrogen (secondary N) is 1. The van der Waals surface area contributed by atoms with E-state index in [9.17, 15) is 4.79 Å². The maximum absolute atomic E-state index is 12.3. The molecule has 0 saturated heterocycles. The van der Waals surface area contributed by atoms with E-state index in [-0.39, 0.29) is 6.09 Å². The number of aryl methyl sites for hydroxylation is 1. The summed E-state index contributed by atoms with van der Waals surface area (Å²) in [5.41, 5.74) is 3.51. The molecule has 1 amide bonds. The number of hydrogen-bond donors (Lipinski definition) is 1. The molecule has 1 aliphatic heterocycles. The predicted molar refractivity (Wildman–Crippen MR) is 91.2 cm³/mol. The first-order chi connectivity index (χ1) is 10.8. The molecule has 1 N–H and O–H groups in total. The van der Waals surface area contributed by atoms with Crippen molar-refractivity contribution >= 4 is 22.6 Å². The molecule has 0 fully saturated rings. The quantitative estimate of drug-likeness (QED) is 0.868. The molecule has 0 radical (unpaired) electrons. The van der Waals surface area contributed by atoms with Crippen LogP contribution >= 0.6 is 0 Å². The highest BCUT2D eigenvalue weighted by atomic mass is 16.6. The highest BCUT2D eigenvalue weighted by Crippen LogP contribution is 2.27. The van der Waals surface area contributed by atoms with Gasteiger partial charge in [0.2, 0.25) is 0 Å². The van der Waals surface area contributed by atoms with Crippen LogP contribution < -0.4 is 0 Å². The number of aromatic amines is 1. The Morgan fingerprint density at radius 2 is 2.17 bits per heavy atom. The fourth-order valence-electron chi connectivity index (χ4n) is 2.83. The molecule has 0 aliphatic carbocycles. The Hall–Kier alpha value is -2.30. The van der Waals surface area contributed by atoms with E-state index in [0.29, 0.717) is 13.1 Å². The van der Waals surface area contributed by atoms with Gasteiger partial charge < -0.3 is 14.6 Å². The van der Waals surface area contributed by atoms with Gasteiger partial charge in [0, 0.05) is 23.8 Å². The zero-order valence-electron chi connectivity index (χ0n) is 14.1. The summed E-state index contributed by atoms with van der Waals surface area (Å²) in [5.74, 6) is 0. The first kappa shape index (κ1) is 15.6. The third-order valence-electron chi connectivity index (χ3n) is 3.78. The Morgan fingerprint density at radius 1 is 1.39 bits per heavy atom. The van der Waals surface area contributed by atoms with Crippen LogP contribution in [0, 0.1) is 6.92 Å². The van der Waals surface area contributed by atoms with Gasteiger partial charge in [-0.2, -0.15) is 0 Å². The fraction of sp³-hybridized carbons (Fsp3) is 0.444. The van der Waals surface area contributed by atoms with Crippen LogP contribution in [0.4, 0.5) is 4.79 Å². The van der Waals surface area contributed by atoms with E-state index in [1.54, 1.807) is 4.90 Å². The first-order valence-electron chi connectivity index (χ1n) is 7.95. The first-order valence-corrected chi connectivity index (χ1v) is 7.95. The van der Waals surface area contributed by atoms with E-state index in [0.717, 1.165) is 34.3 Å². The van der Waals surface area contributed by atoms with Crippen LogP contribution in [0.2, 0.25) is 0 Å². The molecule has 0 aromatic carbocycles. The molecule has 0 saturated carbocycles. The zero-order chi connectivity index (χ0) is 16.6. The zero-order valence-corrected chi connectivity index (χ0v) is 14.1. The van der Waals surface area contributed by atoms with E-state index in [1.807, 2.05) is 40.0 Å². The molecule has 3 heterocycles. The molecule has 2 aromatic heterocycles. The van der Waals surface area contributed by atoms with Crippen molar-refractivity contribution in [1.29, 1.82) is 0 Å². The van der Waals surface area contributed by atoms with Crippen LogP contribution in [0.25, 0.3) is 16.5 Å². The van der Waals surface area contributed by atoms with Gasteiger partial charge in [-0.3, -0.25) is 4.98 Å². The summed E-state index contributed by atoms with van der Waals surface area (Å²) in [6.07, 6.45) is 4.64. The minimum Gasteiger partial charge on any atom is -0.444 e.